The maximum absolute atomic E-state index is 13.2. The lowest BCUT2D eigenvalue weighted by Gasteiger charge is -2.28. The molecule has 0 aliphatic carbocycles. The van der Waals surface area contributed by atoms with Gasteiger partial charge in [0.25, 0.3) is 5.91 Å². The third-order valence-corrected chi connectivity index (χ3v) is 4.72. The molecule has 2 aromatic heterocycles. The molecule has 10 heteroatoms. The van der Waals surface area contributed by atoms with Gasteiger partial charge in [-0.2, -0.15) is 28.2 Å². The number of para-hydroxylation sites is 1. The zero-order valence-corrected chi connectivity index (χ0v) is 16.5. The molecule has 0 aliphatic rings. The van der Waals surface area contributed by atoms with Crippen molar-refractivity contribution in [2.75, 3.05) is 6.54 Å². The summed E-state index contributed by atoms with van der Waals surface area (Å²) in [6, 6.07) is 6.90. The topological polar surface area (TPSA) is 76.8 Å². The number of carbonyl (C=O) groups excluding carboxylic acids is 1. The van der Waals surface area contributed by atoms with Gasteiger partial charge in [-0.15, -0.1) is 0 Å². The van der Waals surface area contributed by atoms with Crippen molar-refractivity contribution in [1.29, 1.82) is 0 Å². The summed E-state index contributed by atoms with van der Waals surface area (Å²) in [5.74, 6) is -0.170. The zero-order chi connectivity index (χ0) is 21.7. The molecule has 1 aromatic carbocycles. The highest BCUT2D eigenvalue weighted by Crippen LogP contribution is 2.26. The van der Waals surface area contributed by atoms with Gasteiger partial charge < -0.3 is 4.90 Å². The number of carbonyl (C=O) groups is 1. The number of aryl methyl sites for hydroxylation is 1. The minimum absolute atomic E-state index is 0.162. The van der Waals surface area contributed by atoms with E-state index in [0.717, 1.165) is 12.4 Å². The Bertz CT molecular complexity index is 973. The van der Waals surface area contributed by atoms with Crippen molar-refractivity contribution in [3.05, 3.63) is 66.0 Å². The van der Waals surface area contributed by atoms with Crippen molar-refractivity contribution in [3.63, 3.8) is 0 Å². The van der Waals surface area contributed by atoms with Gasteiger partial charge in [-0.1, -0.05) is 12.1 Å². The van der Waals surface area contributed by atoms with Crippen LogP contribution in [0.2, 0.25) is 0 Å². The Balaban J connectivity index is 1.71. The van der Waals surface area contributed by atoms with Gasteiger partial charge in [0.2, 0.25) is 0 Å². The van der Waals surface area contributed by atoms with Crippen molar-refractivity contribution < 1.29 is 18.0 Å². The van der Waals surface area contributed by atoms with E-state index in [1.165, 1.54) is 17.2 Å². The van der Waals surface area contributed by atoms with Gasteiger partial charge in [-0.3, -0.25) is 9.78 Å². The van der Waals surface area contributed by atoms with Gasteiger partial charge in [-0.05, 0) is 38.8 Å². The van der Waals surface area contributed by atoms with Crippen LogP contribution in [-0.4, -0.2) is 48.4 Å². The van der Waals surface area contributed by atoms with Crippen LogP contribution in [0.25, 0.3) is 5.69 Å². The highest BCUT2D eigenvalue weighted by atomic mass is 19.4. The van der Waals surface area contributed by atoms with Crippen LogP contribution in [0.4, 0.5) is 13.2 Å². The number of aromatic nitrogens is 5. The number of hydrogen-bond acceptors (Lipinski definition) is 5. The predicted octanol–water partition coefficient (Wildman–Crippen LogP) is 3.56. The van der Waals surface area contributed by atoms with Gasteiger partial charge in [0.15, 0.2) is 5.69 Å². The fourth-order valence-electron chi connectivity index (χ4n) is 3.12. The molecular formula is C20H21F3N6O. The molecule has 3 aromatic rings. The molecule has 0 radical (unpaired) electrons. The smallest absolute Gasteiger partial charge is 0.336 e. The third-order valence-electron chi connectivity index (χ3n) is 4.72. The van der Waals surface area contributed by atoms with Crippen LogP contribution < -0.4 is 0 Å². The number of nitrogens with zero attached hydrogens (tertiary/aromatic N) is 6. The van der Waals surface area contributed by atoms with E-state index in [1.807, 2.05) is 13.8 Å². The van der Waals surface area contributed by atoms with Crippen LogP contribution in [0.5, 0.6) is 0 Å². The highest BCUT2D eigenvalue weighted by molar-refractivity contribution is 5.97. The van der Waals surface area contributed by atoms with Gasteiger partial charge in [0, 0.05) is 18.8 Å². The summed E-state index contributed by atoms with van der Waals surface area (Å²) >= 11 is 0. The molecule has 1 atom stereocenters. The van der Waals surface area contributed by atoms with E-state index >= 15 is 0 Å². The Morgan fingerprint density at radius 1 is 1.13 bits per heavy atom. The average molecular weight is 418 g/mol. The first-order valence-electron chi connectivity index (χ1n) is 9.46. The van der Waals surface area contributed by atoms with Crippen molar-refractivity contribution >= 4 is 5.91 Å². The lowest BCUT2D eigenvalue weighted by molar-refractivity contribution is -0.141. The van der Waals surface area contributed by atoms with Crippen LogP contribution in [0.1, 0.15) is 42.0 Å². The Morgan fingerprint density at radius 3 is 2.43 bits per heavy atom. The normalized spacial score (nSPS) is 12.6. The second-order valence-corrected chi connectivity index (χ2v) is 6.71. The van der Waals surface area contributed by atoms with Gasteiger partial charge in [0.1, 0.15) is 0 Å². The maximum atomic E-state index is 13.2. The highest BCUT2D eigenvalue weighted by Gasteiger charge is 2.32. The quantitative estimate of drug-likeness (QED) is 0.586. The first kappa shape index (κ1) is 21.4. The Hall–Kier alpha value is -3.30. The molecule has 0 saturated carbocycles. The lowest BCUT2D eigenvalue weighted by Crippen LogP contribution is -2.39. The molecule has 2 heterocycles. The number of rotatable bonds is 7. The van der Waals surface area contributed by atoms with E-state index in [4.69, 9.17) is 0 Å². The fourth-order valence-corrected chi connectivity index (χ4v) is 3.12. The average Bonchev–Trinajstić information content (AvgIpc) is 3.27. The summed E-state index contributed by atoms with van der Waals surface area (Å²) < 4.78 is 37.8. The molecule has 0 bridgehead atoms. The molecule has 1 amide bonds. The molecule has 158 valence electrons. The van der Waals surface area contributed by atoms with Crippen molar-refractivity contribution in [3.8, 4) is 5.69 Å². The van der Waals surface area contributed by atoms with E-state index in [0.29, 0.717) is 36.3 Å². The predicted molar refractivity (Wildman–Crippen MR) is 103 cm³/mol. The zero-order valence-electron chi connectivity index (χ0n) is 16.5. The summed E-state index contributed by atoms with van der Waals surface area (Å²) in [5.41, 5.74) is 0.469. The number of amides is 1. The van der Waals surface area contributed by atoms with Crippen molar-refractivity contribution in [1.82, 2.24) is 29.9 Å². The SMILES string of the molecule is CCN(C(=O)c1ccccc1-n1nccn1)[C@@H](C)CCc1cnc(C(F)(F)F)cn1. The maximum Gasteiger partial charge on any atom is 0.434 e. The van der Waals surface area contributed by atoms with Crippen LogP contribution >= 0.6 is 0 Å². The summed E-state index contributed by atoms with van der Waals surface area (Å²) in [7, 11) is 0. The largest absolute Gasteiger partial charge is 0.434 e. The van der Waals surface area contributed by atoms with Crippen LogP contribution in [0.3, 0.4) is 0 Å². The number of hydrogen-bond donors (Lipinski definition) is 0. The summed E-state index contributed by atoms with van der Waals surface area (Å²) in [6.45, 7) is 4.24. The van der Waals surface area contributed by atoms with Crippen molar-refractivity contribution in [2.24, 2.45) is 0 Å². The standard InChI is InChI=1S/C20H21F3N6O/c1-3-28(14(2)8-9-15-12-25-18(13-24-15)20(21,22)23)19(30)16-6-4-5-7-17(16)29-26-10-11-27-29/h4-7,10-14H,3,8-9H2,1-2H3/t14-/m0/s1. The number of halogens is 3. The Kier molecular flexibility index (Phi) is 6.43. The van der Waals surface area contributed by atoms with Gasteiger partial charge >= 0.3 is 6.18 Å². The second-order valence-electron chi connectivity index (χ2n) is 6.71. The molecule has 0 saturated heterocycles. The van der Waals surface area contributed by atoms with Gasteiger partial charge in [-0.25, -0.2) is 4.98 Å². The Labute approximate surface area is 171 Å². The van der Waals surface area contributed by atoms with E-state index in [9.17, 15) is 18.0 Å². The molecule has 0 fully saturated rings. The minimum atomic E-state index is -4.51. The lowest BCUT2D eigenvalue weighted by atomic mass is 10.1. The van der Waals surface area contributed by atoms with E-state index < -0.39 is 11.9 Å². The summed E-state index contributed by atoms with van der Waals surface area (Å²) in [6.07, 6.45) is 1.35. The number of benzene rings is 1. The monoisotopic (exact) mass is 418 g/mol. The number of alkyl halides is 3. The molecular weight excluding hydrogens is 397 g/mol. The van der Waals surface area contributed by atoms with Crippen LogP contribution in [-0.2, 0) is 12.6 Å². The first-order chi connectivity index (χ1) is 14.3. The molecule has 30 heavy (non-hydrogen) atoms. The molecule has 0 spiro atoms. The van der Waals surface area contributed by atoms with E-state index in [-0.39, 0.29) is 11.9 Å². The Morgan fingerprint density at radius 2 is 1.83 bits per heavy atom. The first-order valence-corrected chi connectivity index (χ1v) is 9.46. The molecule has 7 nitrogen and oxygen atoms in total. The van der Waals surface area contributed by atoms with Crippen LogP contribution in [0.15, 0.2) is 49.1 Å². The second kappa shape index (κ2) is 9.02. The molecule has 0 aliphatic heterocycles. The summed E-state index contributed by atoms with van der Waals surface area (Å²) in [4.78, 5) is 23.6. The molecule has 3 rings (SSSR count). The van der Waals surface area contributed by atoms with E-state index in [2.05, 4.69) is 20.2 Å². The fraction of sp³-hybridized carbons (Fsp3) is 0.350. The van der Waals surface area contributed by atoms with Crippen molar-refractivity contribution in [2.45, 2.75) is 38.9 Å². The van der Waals surface area contributed by atoms with E-state index in [1.54, 1.807) is 29.2 Å². The summed E-state index contributed by atoms with van der Waals surface area (Å²) in [5, 5.41) is 8.20. The van der Waals surface area contributed by atoms with Crippen LogP contribution in [0, 0.1) is 0 Å². The third kappa shape index (κ3) is 4.81. The molecule has 0 N–H and O–H groups in total. The minimum Gasteiger partial charge on any atom is -0.336 e. The van der Waals surface area contributed by atoms with Gasteiger partial charge in [0.05, 0.1) is 35.5 Å². The molecule has 0 unspecified atom stereocenters.